The number of nitrogen functional groups attached to an aromatic ring is 1. The van der Waals surface area contributed by atoms with Gasteiger partial charge in [0.05, 0.1) is 17.2 Å². The molecule has 7 heteroatoms. The highest BCUT2D eigenvalue weighted by molar-refractivity contribution is 7.19. The van der Waals surface area contributed by atoms with Gasteiger partial charge in [-0.1, -0.05) is 0 Å². The second kappa shape index (κ2) is 6.44. The van der Waals surface area contributed by atoms with E-state index in [1.54, 1.807) is 6.92 Å². The van der Waals surface area contributed by atoms with Gasteiger partial charge in [0, 0.05) is 26.1 Å². The van der Waals surface area contributed by atoms with Crippen molar-refractivity contribution in [1.82, 2.24) is 0 Å². The lowest BCUT2D eigenvalue weighted by molar-refractivity contribution is 0.0529. The molecule has 0 aliphatic carbocycles. The van der Waals surface area contributed by atoms with E-state index in [2.05, 4.69) is 4.90 Å². The molecule has 1 aliphatic rings. The number of ether oxygens (including phenoxy) is 1. The van der Waals surface area contributed by atoms with Crippen molar-refractivity contribution in [2.75, 3.05) is 30.3 Å². The Morgan fingerprint density at radius 3 is 2.52 bits per heavy atom. The van der Waals surface area contributed by atoms with E-state index in [-0.39, 0.29) is 24.1 Å². The van der Waals surface area contributed by atoms with Crippen LogP contribution in [0.3, 0.4) is 0 Å². The second-order valence-corrected chi connectivity index (χ2v) is 6.13. The van der Waals surface area contributed by atoms with Gasteiger partial charge in [0.1, 0.15) is 10.6 Å². The summed E-state index contributed by atoms with van der Waals surface area (Å²) in [5.74, 6) is -0.605. The van der Waals surface area contributed by atoms with Gasteiger partial charge in [-0.25, -0.2) is 4.79 Å². The van der Waals surface area contributed by atoms with Crippen LogP contribution in [0.15, 0.2) is 0 Å². The van der Waals surface area contributed by atoms with Crippen molar-refractivity contribution in [3.8, 4) is 0 Å². The van der Waals surface area contributed by atoms with Gasteiger partial charge < -0.3 is 21.1 Å². The minimum atomic E-state index is -0.469. The Morgan fingerprint density at radius 2 is 2.00 bits per heavy atom. The summed E-state index contributed by atoms with van der Waals surface area (Å²) >= 11 is 1.27. The summed E-state index contributed by atoms with van der Waals surface area (Å²) in [6.07, 6.45) is 1.71. The molecule has 1 saturated heterocycles. The van der Waals surface area contributed by atoms with Gasteiger partial charge in [-0.05, 0) is 19.8 Å². The molecule has 1 fully saturated rings. The normalized spacial score (nSPS) is 16.0. The molecule has 21 heavy (non-hydrogen) atoms. The Bertz CT molecular complexity index is 548. The summed E-state index contributed by atoms with van der Waals surface area (Å²) in [7, 11) is 0. The highest BCUT2D eigenvalue weighted by Crippen LogP contribution is 2.40. The van der Waals surface area contributed by atoms with Crippen molar-refractivity contribution in [3.63, 3.8) is 0 Å². The molecular weight excluding hydrogens is 290 g/mol. The molecule has 0 spiro atoms. The fourth-order valence-electron chi connectivity index (χ4n) is 2.42. The maximum atomic E-state index is 12.2. The van der Waals surface area contributed by atoms with Crippen molar-refractivity contribution in [3.05, 3.63) is 10.4 Å². The minimum Gasteiger partial charge on any atom is -0.462 e. The first kappa shape index (κ1) is 15.8. The molecule has 0 aromatic carbocycles. The van der Waals surface area contributed by atoms with Crippen LogP contribution in [0.4, 0.5) is 10.7 Å². The lowest BCUT2D eigenvalue weighted by Gasteiger charge is -2.31. The average molecular weight is 311 g/mol. The molecule has 1 aromatic rings. The maximum Gasteiger partial charge on any atom is 0.343 e. The number of thiophene rings is 1. The molecule has 0 amide bonds. The molecule has 1 aromatic heterocycles. The van der Waals surface area contributed by atoms with E-state index >= 15 is 0 Å². The highest BCUT2D eigenvalue weighted by Gasteiger charge is 2.29. The summed E-state index contributed by atoms with van der Waals surface area (Å²) in [5, 5.41) is 0.725. The monoisotopic (exact) mass is 311 g/mol. The topological polar surface area (TPSA) is 98.6 Å². The molecule has 6 nitrogen and oxygen atoms in total. The number of anilines is 2. The first-order valence-electron chi connectivity index (χ1n) is 7.06. The third-order valence-electron chi connectivity index (χ3n) is 3.55. The average Bonchev–Trinajstić information content (AvgIpc) is 2.77. The van der Waals surface area contributed by atoms with Gasteiger partial charge in [0.15, 0.2) is 5.78 Å². The molecule has 1 aliphatic heterocycles. The van der Waals surface area contributed by atoms with Gasteiger partial charge in [-0.3, -0.25) is 4.79 Å². The Labute approximate surface area is 128 Å². The van der Waals surface area contributed by atoms with Crippen LogP contribution < -0.4 is 16.4 Å². The van der Waals surface area contributed by atoms with Crippen LogP contribution in [0.1, 0.15) is 46.7 Å². The Balaban J connectivity index is 2.40. The SMILES string of the molecule is CCOC(=O)c1c(N2CCC(N)CC2)sc(C(C)=O)c1N. The van der Waals surface area contributed by atoms with Crippen LogP contribution in [-0.4, -0.2) is 37.5 Å². The van der Waals surface area contributed by atoms with Gasteiger partial charge >= 0.3 is 5.97 Å². The van der Waals surface area contributed by atoms with Crippen LogP contribution in [0.2, 0.25) is 0 Å². The quantitative estimate of drug-likeness (QED) is 0.648. The van der Waals surface area contributed by atoms with Crippen LogP contribution in [0, 0.1) is 0 Å². The molecule has 0 unspecified atom stereocenters. The number of nitrogens with two attached hydrogens (primary N) is 2. The predicted molar refractivity (Wildman–Crippen MR) is 84.1 cm³/mol. The number of hydrogen-bond acceptors (Lipinski definition) is 7. The first-order chi connectivity index (χ1) is 9.95. The van der Waals surface area contributed by atoms with E-state index in [4.69, 9.17) is 16.2 Å². The Morgan fingerprint density at radius 1 is 1.38 bits per heavy atom. The number of rotatable bonds is 4. The third-order valence-corrected chi connectivity index (χ3v) is 4.92. The van der Waals surface area contributed by atoms with Crippen LogP contribution in [0.5, 0.6) is 0 Å². The third kappa shape index (κ3) is 3.19. The van der Waals surface area contributed by atoms with Gasteiger partial charge in [-0.2, -0.15) is 0 Å². The van der Waals surface area contributed by atoms with E-state index in [0.717, 1.165) is 30.9 Å². The van der Waals surface area contributed by atoms with Crippen molar-refractivity contribution in [2.24, 2.45) is 5.73 Å². The second-order valence-electron chi connectivity index (χ2n) is 5.13. The molecule has 4 N–H and O–H groups in total. The molecule has 0 atom stereocenters. The lowest BCUT2D eigenvalue weighted by Crippen LogP contribution is -2.39. The van der Waals surface area contributed by atoms with E-state index in [1.807, 2.05) is 0 Å². The van der Waals surface area contributed by atoms with E-state index < -0.39 is 5.97 Å². The van der Waals surface area contributed by atoms with Gasteiger partial charge in [-0.15, -0.1) is 11.3 Å². The lowest BCUT2D eigenvalue weighted by atomic mass is 10.1. The zero-order valence-corrected chi connectivity index (χ0v) is 13.2. The maximum absolute atomic E-state index is 12.2. The fourth-order valence-corrected chi connectivity index (χ4v) is 3.57. The summed E-state index contributed by atoms with van der Waals surface area (Å²) in [6, 6.07) is 0.192. The zero-order valence-electron chi connectivity index (χ0n) is 12.3. The van der Waals surface area contributed by atoms with Crippen molar-refractivity contribution in [1.29, 1.82) is 0 Å². The molecule has 2 heterocycles. The summed E-state index contributed by atoms with van der Waals surface area (Å²) < 4.78 is 5.08. The summed E-state index contributed by atoms with van der Waals surface area (Å²) in [6.45, 7) is 4.97. The predicted octanol–water partition coefficient (Wildman–Crippen LogP) is 1.64. The molecule has 0 saturated carbocycles. The smallest absolute Gasteiger partial charge is 0.343 e. The molecule has 0 bridgehead atoms. The highest BCUT2D eigenvalue weighted by atomic mass is 32.1. The Hall–Kier alpha value is -1.60. The number of ketones is 1. The molecule has 116 valence electrons. The van der Waals surface area contributed by atoms with E-state index in [1.165, 1.54) is 18.3 Å². The zero-order chi connectivity index (χ0) is 15.6. The standard InChI is InChI=1S/C14H21N3O3S/c1-3-20-14(19)10-11(16)12(8(2)18)21-13(10)17-6-4-9(15)5-7-17/h9H,3-7,15-16H2,1-2H3. The largest absolute Gasteiger partial charge is 0.462 e. The van der Waals surface area contributed by atoms with Crippen LogP contribution >= 0.6 is 11.3 Å². The number of hydrogen-bond donors (Lipinski definition) is 2. The molecule has 2 rings (SSSR count). The van der Waals surface area contributed by atoms with Crippen molar-refractivity contribution in [2.45, 2.75) is 32.7 Å². The van der Waals surface area contributed by atoms with E-state index in [9.17, 15) is 9.59 Å². The number of nitrogens with zero attached hydrogens (tertiary/aromatic N) is 1. The summed E-state index contributed by atoms with van der Waals surface area (Å²) in [5.41, 5.74) is 12.5. The Kier molecular flexibility index (Phi) is 4.84. The minimum absolute atomic E-state index is 0.136. The molecular formula is C14H21N3O3S. The number of carbonyl (C=O) groups excluding carboxylic acids is 2. The van der Waals surface area contributed by atoms with Crippen LogP contribution in [-0.2, 0) is 4.74 Å². The molecule has 0 radical (unpaired) electrons. The summed E-state index contributed by atoms with van der Waals surface area (Å²) in [4.78, 5) is 26.3. The first-order valence-corrected chi connectivity index (χ1v) is 7.88. The number of esters is 1. The van der Waals surface area contributed by atoms with Crippen molar-refractivity contribution >= 4 is 33.8 Å². The van der Waals surface area contributed by atoms with Crippen molar-refractivity contribution < 1.29 is 14.3 Å². The fraction of sp³-hybridized carbons (Fsp3) is 0.571. The van der Waals surface area contributed by atoms with E-state index in [0.29, 0.717) is 10.4 Å². The van der Waals surface area contributed by atoms with Gasteiger partial charge in [0.2, 0.25) is 0 Å². The number of carbonyl (C=O) groups is 2. The number of Topliss-reactive ketones (excluding diaryl/α,β-unsaturated/α-hetero) is 1. The van der Waals surface area contributed by atoms with Crippen LogP contribution in [0.25, 0.3) is 0 Å². The number of piperidine rings is 1. The van der Waals surface area contributed by atoms with Gasteiger partial charge in [0.25, 0.3) is 0 Å².